The molecule has 0 atom stereocenters. The van der Waals surface area contributed by atoms with Crippen LogP contribution in [-0.4, -0.2) is 38.4 Å². The predicted molar refractivity (Wildman–Crippen MR) is 118 cm³/mol. The van der Waals surface area contributed by atoms with Crippen molar-refractivity contribution in [2.75, 3.05) is 18.0 Å². The molecule has 0 saturated carbocycles. The summed E-state index contributed by atoms with van der Waals surface area (Å²) in [6, 6.07) is 9.84. The molecule has 0 unspecified atom stereocenters. The van der Waals surface area contributed by atoms with Crippen LogP contribution in [-0.2, 0) is 14.8 Å². The van der Waals surface area contributed by atoms with Gasteiger partial charge in [-0.1, -0.05) is 13.0 Å². The maximum absolute atomic E-state index is 13.4. The first-order chi connectivity index (χ1) is 14.4. The van der Waals surface area contributed by atoms with Crippen molar-refractivity contribution in [3.05, 3.63) is 58.1 Å². The molecular weight excluding hydrogens is 422 g/mol. The number of carbonyl (C=O) groups excluding carboxylic acids is 1. The first-order valence-electron chi connectivity index (χ1n) is 9.64. The van der Waals surface area contributed by atoms with Crippen molar-refractivity contribution in [3.8, 4) is 5.75 Å². The van der Waals surface area contributed by atoms with Gasteiger partial charge in [0.15, 0.2) is 0 Å². The van der Waals surface area contributed by atoms with Crippen LogP contribution in [0.15, 0.2) is 47.4 Å². The van der Waals surface area contributed by atoms with Gasteiger partial charge < -0.3 is 10.1 Å². The van der Waals surface area contributed by atoms with E-state index in [2.05, 4.69) is 5.32 Å². The van der Waals surface area contributed by atoms with Gasteiger partial charge in [-0.15, -0.1) is 0 Å². The van der Waals surface area contributed by atoms with E-state index in [1.165, 1.54) is 38.3 Å². The molecule has 10 heteroatoms. The molecule has 1 N–H and O–H groups in total. The minimum atomic E-state index is -4.28. The Kier molecular flexibility index (Phi) is 7.27. The quantitative estimate of drug-likeness (QED) is 0.463. The molecule has 0 spiro atoms. The highest BCUT2D eigenvalue weighted by Crippen LogP contribution is 2.29. The van der Waals surface area contributed by atoms with Gasteiger partial charge in [0, 0.05) is 17.2 Å². The van der Waals surface area contributed by atoms with Crippen LogP contribution in [0.3, 0.4) is 0 Å². The third kappa shape index (κ3) is 5.72. The molecule has 0 aliphatic carbocycles. The fourth-order valence-corrected chi connectivity index (χ4v) is 4.21. The number of hydrogen-bond acceptors (Lipinski definition) is 6. The van der Waals surface area contributed by atoms with Crippen molar-refractivity contribution < 1.29 is 22.9 Å². The van der Waals surface area contributed by atoms with Crippen LogP contribution >= 0.6 is 0 Å². The zero-order chi connectivity index (χ0) is 23.4. The number of nitro groups is 1. The minimum absolute atomic E-state index is 0.230. The first-order valence-corrected chi connectivity index (χ1v) is 11.1. The molecule has 9 nitrogen and oxygen atoms in total. The number of nitro benzene ring substituents is 1. The Morgan fingerprint density at radius 1 is 1.19 bits per heavy atom. The van der Waals surface area contributed by atoms with Crippen molar-refractivity contribution in [2.45, 2.75) is 44.6 Å². The van der Waals surface area contributed by atoms with Gasteiger partial charge in [0.25, 0.3) is 15.7 Å². The zero-order valence-electron chi connectivity index (χ0n) is 18.2. The van der Waals surface area contributed by atoms with E-state index in [0.29, 0.717) is 17.7 Å². The van der Waals surface area contributed by atoms with E-state index in [9.17, 15) is 23.3 Å². The van der Waals surface area contributed by atoms with Crippen LogP contribution < -0.4 is 14.4 Å². The molecule has 0 fully saturated rings. The van der Waals surface area contributed by atoms with Crippen molar-refractivity contribution in [1.82, 2.24) is 5.32 Å². The highest BCUT2D eigenvalue weighted by molar-refractivity contribution is 7.92. The molecule has 0 aliphatic heterocycles. The molecule has 0 bridgehead atoms. The Labute approximate surface area is 182 Å². The van der Waals surface area contributed by atoms with E-state index in [1.807, 2.05) is 20.8 Å². The number of sulfonamides is 1. The average Bonchev–Trinajstić information content (AvgIpc) is 2.71. The lowest BCUT2D eigenvalue weighted by atomic mass is 10.0. The van der Waals surface area contributed by atoms with E-state index in [0.717, 1.165) is 10.4 Å². The smallest absolute Gasteiger partial charge is 0.273 e. The van der Waals surface area contributed by atoms with Gasteiger partial charge in [-0.25, -0.2) is 8.42 Å². The molecule has 1 amide bonds. The van der Waals surface area contributed by atoms with Crippen molar-refractivity contribution in [3.63, 3.8) is 0 Å². The van der Waals surface area contributed by atoms with Gasteiger partial charge in [0.1, 0.15) is 12.3 Å². The lowest BCUT2D eigenvalue weighted by Gasteiger charge is -2.28. The van der Waals surface area contributed by atoms with Crippen LogP contribution in [0, 0.1) is 17.0 Å². The van der Waals surface area contributed by atoms with E-state index in [1.54, 1.807) is 12.1 Å². The Hall–Kier alpha value is -3.14. The molecule has 2 aromatic carbocycles. The van der Waals surface area contributed by atoms with Crippen molar-refractivity contribution in [1.29, 1.82) is 0 Å². The van der Waals surface area contributed by atoms with Gasteiger partial charge in [-0.3, -0.25) is 19.2 Å². The largest absolute Gasteiger partial charge is 0.497 e. The number of ether oxygens (including phenoxy) is 1. The summed E-state index contributed by atoms with van der Waals surface area (Å²) < 4.78 is 32.9. The number of nitrogens with zero attached hydrogens (tertiary/aromatic N) is 2. The third-order valence-electron chi connectivity index (χ3n) is 4.97. The summed E-state index contributed by atoms with van der Waals surface area (Å²) >= 11 is 0. The fourth-order valence-electron chi connectivity index (χ4n) is 2.77. The van der Waals surface area contributed by atoms with E-state index >= 15 is 0 Å². The molecule has 2 rings (SSSR count). The predicted octanol–water partition coefficient (Wildman–Crippen LogP) is 3.41. The summed E-state index contributed by atoms with van der Waals surface area (Å²) in [5.41, 5.74) is -0.266. The Morgan fingerprint density at radius 2 is 1.81 bits per heavy atom. The molecule has 2 aromatic rings. The molecule has 0 saturated heterocycles. The maximum Gasteiger partial charge on any atom is 0.273 e. The second kappa shape index (κ2) is 9.34. The van der Waals surface area contributed by atoms with Gasteiger partial charge in [0.2, 0.25) is 5.91 Å². The van der Waals surface area contributed by atoms with Crippen LogP contribution in [0.5, 0.6) is 5.75 Å². The standard InChI is InChI=1S/C21H27N3O6S/c1-6-21(3,4)22-20(25)14-23(16-8-10-17(30-5)11-9-16)31(28,29)18-12-7-15(2)19(13-18)24(26)27/h7-13H,6,14H2,1-5H3,(H,22,25). The van der Waals surface area contributed by atoms with Crippen LogP contribution in [0.1, 0.15) is 32.8 Å². The third-order valence-corrected chi connectivity index (χ3v) is 6.74. The summed E-state index contributed by atoms with van der Waals surface area (Å²) in [5.74, 6) is 0.0245. The lowest BCUT2D eigenvalue weighted by Crippen LogP contribution is -2.48. The topological polar surface area (TPSA) is 119 Å². The number of hydrogen-bond donors (Lipinski definition) is 1. The van der Waals surface area contributed by atoms with Crippen LogP contribution in [0.25, 0.3) is 0 Å². The zero-order valence-corrected chi connectivity index (χ0v) is 19.0. The summed E-state index contributed by atoms with van der Waals surface area (Å²) in [5, 5.41) is 14.1. The number of amides is 1. The van der Waals surface area contributed by atoms with Gasteiger partial charge in [-0.2, -0.15) is 0 Å². The maximum atomic E-state index is 13.4. The lowest BCUT2D eigenvalue weighted by molar-refractivity contribution is -0.385. The van der Waals surface area contributed by atoms with E-state index < -0.39 is 32.9 Å². The number of benzene rings is 2. The molecule has 0 aromatic heterocycles. The van der Waals surface area contributed by atoms with Gasteiger partial charge in [-0.05, 0) is 57.5 Å². The molecule has 0 heterocycles. The molecular formula is C21H27N3O6S. The summed E-state index contributed by atoms with van der Waals surface area (Å²) in [4.78, 5) is 23.1. The van der Waals surface area contributed by atoms with Gasteiger partial charge in [0.05, 0.1) is 22.6 Å². The Bertz CT molecular complexity index is 1070. The second-order valence-corrected chi connectivity index (χ2v) is 9.56. The monoisotopic (exact) mass is 449 g/mol. The molecule has 31 heavy (non-hydrogen) atoms. The summed E-state index contributed by atoms with van der Waals surface area (Å²) in [6.07, 6.45) is 0.651. The molecule has 0 radical (unpaired) electrons. The number of aryl methyl sites for hydroxylation is 1. The minimum Gasteiger partial charge on any atom is -0.497 e. The van der Waals surface area contributed by atoms with Crippen LogP contribution in [0.2, 0.25) is 0 Å². The van der Waals surface area contributed by atoms with Crippen LogP contribution in [0.4, 0.5) is 11.4 Å². The SMILES string of the molecule is CCC(C)(C)NC(=O)CN(c1ccc(OC)cc1)S(=O)(=O)c1ccc(C)c([N+](=O)[O-])c1. The van der Waals surface area contributed by atoms with Crippen molar-refractivity contribution in [2.24, 2.45) is 0 Å². The number of anilines is 1. The normalized spacial score (nSPS) is 11.6. The van der Waals surface area contributed by atoms with Crippen molar-refractivity contribution >= 4 is 27.3 Å². The number of rotatable bonds is 9. The number of methoxy groups -OCH3 is 1. The van der Waals surface area contributed by atoms with Gasteiger partial charge >= 0.3 is 0 Å². The summed E-state index contributed by atoms with van der Waals surface area (Å²) in [6.45, 7) is 6.61. The van der Waals surface area contributed by atoms with E-state index in [-0.39, 0.29) is 16.3 Å². The average molecular weight is 450 g/mol. The molecule has 168 valence electrons. The van der Waals surface area contributed by atoms with E-state index in [4.69, 9.17) is 4.74 Å². The number of nitrogens with one attached hydrogen (secondary N) is 1. The molecule has 0 aliphatic rings. The Balaban J connectivity index is 2.53. The first kappa shape index (κ1) is 24.1. The Morgan fingerprint density at radius 3 is 2.32 bits per heavy atom. The second-order valence-electron chi connectivity index (χ2n) is 7.70. The number of carbonyl (C=O) groups is 1. The highest BCUT2D eigenvalue weighted by atomic mass is 32.2. The highest BCUT2D eigenvalue weighted by Gasteiger charge is 2.30. The summed E-state index contributed by atoms with van der Waals surface area (Å²) in [7, 11) is -2.80. The fraction of sp³-hybridized carbons (Fsp3) is 0.381.